The first kappa shape index (κ1) is 23.0. The van der Waals surface area contributed by atoms with E-state index in [-0.39, 0.29) is 47.3 Å². The van der Waals surface area contributed by atoms with Crippen molar-refractivity contribution in [2.45, 2.75) is 26.3 Å². The van der Waals surface area contributed by atoms with Gasteiger partial charge in [-0.15, -0.1) is 0 Å². The predicted molar refractivity (Wildman–Crippen MR) is 128 cm³/mol. The van der Waals surface area contributed by atoms with Crippen LogP contribution >= 0.6 is 27.5 Å². The number of aliphatic hydroxyl groups is 1. The number of aromatic hydroxyl groups is 1. The number of aromatic nitrogens is 4. The largest absolute Gasteiger partial charge is 0.492 e. The van der Waals surface area contributed by atoms with Crippen LogP contribution in [-0.4, -0.2) is 60.5 Å². The molecular formula is C20H21BrN8O3S. The maximum absolute atomic E-state index is 13.3. The van der Waals surface area contributed by atoms with Crippen LogP contribution in [0.2, 0.25) is 0 Å². The van der Waals surface area contributed by atoms with Crippen LogP contribution in [-0.2, 0) is 6.42 Å². The number of anilines is 3. The number of amidine groups is 1. The molecule has 1 aliphatic heterocycles. The lowest BCUT2D eigenvalue weighted by Gasteiger charge is -2.18. The number of rotatable bonds is 6. The van der Waals surface area contributed by atoms with Crippen LogP contribution in [0.5, 0.6) is 5.88 Å². The van der Waals surface area contributed by atoms with Crippen molar-refractivity contribution in [3.05, 3.63) is 45.6 Å². The first-order chi connectivity index (χ1) is 15.8. The van der Waals surface area contributed by atoms with Gasteiger partial charge < -0.3 is 25.7 Å². The Labute approximate surface area is 201 Å². The topological polar surface area (TPSA) is 160 Å². The molecule has 3 aromatic rings. The molecule has 0 radical (unpaired) electrons. The zero-order chi connectivity index (χ0) is 23.7. The third kappa shape index (κ3) is 4.51. The number of halogens is 1. The number of hydrogen-bond acceptors (Lipinski definition) is 10. The zero-order valence-electron chi connectivity index (χ0n) is 17.8. The molecule has 5 N–H and O–H groups in total. The van der Waals surface area contributed by atoms with E-state index in [0.717, 1.165) is 27.3 Å². The van der Waals surface area contributed by atoms with Crippen molar-refractivity contribution >= 4 is 55.7 Å². The molecule has 4 heterocycles. The number of nitrogens with one attached hydrogen (secondary N) is 3. The fourth-order valence-electron chi connectivity index (χ4n) is 3.40. The Balaban J connectivity index is 1.61. The molecule has 1 amide bonds. The van der Waals surface area contributed by atoms with Gasteiger partial charge in [0.2, 0.25) is 5.88 Å². The maximum atomic E-state index is 13.3. The Morgan fingerprint density at radius 2 is 2.18 bits per heavy atom. The number of hydrogen-bond donors (Lipinski definition) is 5. The van der Waals surface area contributed by atoms with Gasteiger partial charge in [0.15, 0.2) is 11.5 Å². The molecule has 11 nitrogen and oxygen atoms in total. The fourth-order valence-corrected chi connectivity index (χ4v) is 4.62. The third-order valence-corrected chi connectivity index (χ3v) is 6.53. The van der Waals surface area contributed by atoms with Crippen LogP contribution in [0.4, 0.5) is 16.5 Å². The average molecular weight is 533 g/mol. The first-order valence-electron chi connectivity index (χ1n) is 10.00. The SMILES string of the molecule is Cc1ncc(Nc2snc(O)c2C(=N)NC(C)CO)nc1C(=O)N1CCc2c(Br)cncc21. The molecule has 172 valence electrons. The second-order valence-electron chi connectivity index (χ2n) is 7.45. The van der Waals surface area contributed by atoms with E-state index in [0.29, 0.717) is 23.7 Å². The van der Waals surface area contributed by atoms with E-state index in [1.54, 1.807) is 31.1 Å². The van der Waals surface area contributed by atoms with Gasteiger partial charge in [-0.3, -0.25) is 20.2 Å². The molecule has 1 unspecified atom stereocenters. The van der Waals surface area contributed by atoms with Gasteiger partial charge in [0.1, 0.15) is 16.4 Å². The van der Waals surface area contributed by atoms with Crippen molar-refractivity contribution in [1.82, 2.24) is 24.6 Å². The molecule has 1 atom stereocenters. The molecule has 0 bridgehead atoms. The fraction of sp³-hybridized carbons (Fsp3) is 0.300. The summed E-state index contributed by atoms with van der Waals surface area (Å²) in [5, 5.41) is 33.7. The Bertz CT molecular complexity index is 1230. The molecule has 1 aliphatic rings. The van der Waals surface area contributed by atoms with Gasteiger partial charge in [0.05, 0.1) is 30.4 Å². The Hall–Kier alpha value is -3.16. The molecule has 0 fully saturated rings. The summed E-state index contributed by atoms with van der Waals surface area (Å²) < 4.78 is 4.75. The van der Waals surface area contributed by atoms with E-state index < -0.39 is 0 Å². The molecule has 4 rings (SSSR count). The summed E-state index contributed by atoms with van der Waals surface area (Å²) in [6.45, 7) is 3.74. The molecule has 33 heavy (non-hydrogen) atoms. The number of nitrogens with zero attached hydrogens (tertiary/aromatic N) is 5. The maximum Gasteiger partial charge on any atom is 0.278 e. The summed E-state index contributed by atoms with van der Waals surface area (Å²) >= 11 is 4.42. The predicted octanol–water partition coefficient (Wildman–Crippen LogP) is 2.35. The molecule has 0 spiro atoms. The number of carbonyl (C=O) groups is 1. The van der Waals surface area contributed by atoms with E-state index in [4.69, 9.17) is 5.41 Å². The smallest absolute Gasteiger partial charge is 0.278 e. The highest BCUT2D eigenvalue weighted by Crippen LogP contribution is 2.34. The Morgan fingerprint density at radius 3 is 2.94 bits per heavy atom. The molecule has 0 aromatic carbocycles. The minimum absolute atomic E-state index is 0.103. The lowest BCUT2D eigenvalue weighted by atomic mass is 10.2. The number of amides is 1. The summed E-state index contributed by atoms with van der Waals surface area (Å²) in [6.07, 6.45) is 5.54. The average Bonchev–Trinajstić information content (AvgIpc) is 3.39. The quantitative estimate of drug-likeness (QED) is 0.237. The van der Waals surface area contributed by atoms with Crippen LogP contribution in [0.3, 0.4) is 0 Å². The molecule has 3 aromatic heterocycles. The zero-order valence-corrected chi connectivity index (χ0v) is 20.2. The number of carbonyl (C=O) groups excluding carboxylic acids is 1. The van der Waals surface area contributed by atoms with E-state index >= 15 is 0 Å². The molecule has 0 saturated heterocycles. The van der Waals surface area contributed by atoms with Crippen LogP contribution in [0.25, 0.3) is 0 Å². The highest BCUT2D eigenvalue weighted by atomic mass is 79.9. The van der Waals surface area contributed by atoms with E-state index in [2.05, 4.69) is 45.9 Å². The number of aryl methyl sites for hydroxylation is 1. The van der Waals surface area contributed by atoms with Crippen LogP contribution in [0.1, 0.15) is 34.2 Å². The number of pyridine rings is 1. The second kappa shape index (κ2) is 9.37. The standard InChI is InChI=1S/C20H21BrN8O3S/c1-9(8-30)25-17(22)15-18(31)28-33-19(15)27-14-7-24-10(2)16(26-14)20(32)29-4-3-11-12(21)5-23-6-13(11)29/h5-7,9,30H,3-4,8H2,1-2H3,(H2,22,25)(H,26,27)(H,28,31). The summed E-state index contributed by atoms with van der Waals surface area (Å²) in [7, 11) is 0. The van der Waals surface area contributed by atoms with Gasteiger partial charge in [-0.1, -0.05) is 0 Å². The van der Waals surface area contributed by atoms with Crippen molar-refractivity contribution in [2.24, 2.45) is 0 Å². The molecule has 0 saturated carbocycles. The van der Waals surface area contributed by atoms with Crippen LogP contribution < -0.4 is 15.5 Å². The molecular weight excluding hydrogens is 512 g/mol. The van der Waals surface area contributed by atoms with E-state index in [1.165, 1.54) is 6.20 Å². The Morgan fingerprint density at radius 1 is 1.39 bits per heavy atom. The third-order valence-electron chi connectivity index (χ3n) is 5.09. The van der Waals surface area contributed by atoms with E-state index in [9.17, 15) is 15.0 Å². The summed E-state index contributed by atoms with van der Waals surface area (Å²) in [5.41, 5.74) is 2.55. The lowest BCUT2D eigenvalue weighted by molar-refractivity contribution is 0.0983. The van der Waals surface area contributed by atoms with Crippen molar-refractivity contribution in [2.75, 3.05) is 23.4 Å². The van der Waals surface area contributed by atoms with Crippen LogP contribution in [0, 0.1) is 12.3 Å². The first-order valence-corrected chi connectivity index (χ1v) is 11.6. The number of fused-ring (bicyclic) bond motifs is 1. The molecule has 0 aliphatic carbocycles. The highest BCUT2D eigenvalue weighted by Gasteiger charge is 2.30. The highest BCUT2D eigenvalue weighted by molar-refractivity contribution is 9.10. The van der Waals surface area contributed by atoms with Crippen LogP contribution in [0.15, 0.2) is 23.1 Å². The van der Waals surface area contributed by atoms with Crippen molar-refractivity contribution in [1.29, 1.82) is 5.41 Å². The normalized spacial score (nSPS) is 13.5. The number of aliphatic hydroxyl groups excluding tert-OH is 1. The van der Waals surface area contributed by atoms with Crippen molar-refractivity contribution in [3.8, 4) is 5.88 Å². The second-order valence-corrected chi connectivity index (χ2v) is 9.08. The Kier molecular flexibility index (Phi) is 6.54. The lowest BCUT2D eigenvalue weighted by Crippen LogP contribution is -2.35. The van der Waals surface area contributed by atoms with Gasteiger partial charge >= 0.3 is 0 Å². The van der Waals surface area contributed by atoms with Gasteiger partial charge in [0.25, 0.3) is 5.91 Å². The monoisotopic (exact) mass is 532 g/mol. The van der Waals surface area contributed by atoms with Gasteiger partial charge in [0, 0.05) is 23.3 Å². The summed E-state index contributed by atoms with van der Waals surface area (Å²) in [4.78, 5) is 27.9. The van der Waals surface area contributed by atoms with E-state index in [1.807, 2.05) is 0 Å². The summed E-state index contributed by atoms with van der Waals surface area (Å²) in [5.74, 6) is -0.453. The van der Waals surface area contributed by atoms with Gasteiger partial charge in [-0.25, -0.2) is 4.98 Å². The van der Waals surface area contributed by atoms with Crippen molar-refractivity contribution < 1.29 is 15.0 Å². The minimum Gasteiger partial charge on any atom is -0.492 e. The van der Waals surface area contributed by atoms with Gasteiger partial charge in [-0.2, -0.15) is 4.37 Å². The van der Waals surface area contributed by atoms with Crippen molar-refractivity contribution in [3.63, 3.8) is 0 Å². The molecule has 13 heteroatoms. The summed E-state index contributed by atoms with van der Waals surface area (Å²) in [6, 6.07) is -0.383. The minimum atomic E-state index is -0.383. The van der Waals surface area contributed by atoms with Gasteiger partial charge in [-0.05, 0) is 53.3 Å².